The van der Waals surface area contributed by atoms with E-state index < -0.39 is 0 Å². The summed E-state index contributed by atoms with van der Waals surface area (Å²) in [6.45, 7) is 2.09. The molecule has 0 aliphatic heterocycles. The molecule has 0 amide bonds. The Hall–Kier alpha value is 0.155. The van der Waals surface area contributed by atoms with Crippen molar-refractivity contribution in [2.45, 2.75) is 24.4 Å². The molecule has 1 atom stereocenters. The van der Waals surface area contributed by atoms with E-state index in [-0.39, 0.29) is 4.65 Å². The fraction of sp³-hybridized carbons (Fsp3) is 0.667. The summed E-state index contributed by atoms with van der Waals surface area (Å²) < 4.78 is -0.302. The third-order valence-corrected chi connectivity index (χ3v) is 1.77. The van der Waals surface area contributed by atoms with Gasteiger partial charge in [-0.15, -0.1) is 0 Å². The van der Waals surface area contributed by atoms with Crippen molar-refractivity contribution >= 4 is 20.5 Å². The van der Waals surface area contributed by atoms with Gasteiger partial charge < -0.3 is 0 Å². The number of allylic oxidation sites excluding steroid dienone is 1. The largest absolute Gasteiger partial charge is 0.178 e. The van der Waals surface area contributed by atoms with Gasteiger partial charge in [0.25, 0.3) is 0 Å². The maximum Gasteiger partial charge on any atom is 0.0946 e. The smallest absolute Gasteiger partial charge is 0.0946 e. The van der Waals surface area contributed by atoms with E-state index in [0.717, 1.165) is 12.8 Å². The van der Waals surface area contributed by atoms with Gasteiger partial charge in [-0.1, -0.05) is 11.6 Å². The van der Waals surface area contributed by atoms with Crippen LogP contribution in [0.4, 0.5) is 0 Å². The van der Waals surface area contributed by atoms with Crippen molar-refractivity contribution in [1.29, 1.82) is 0 Å². The average molecular weight is 124 g/mol. The Morgan fingerprint density at radius 2 is 2.50 bits per heavy atom. The molecule has 1 aliphatic carbocycles. The minimum Gasteiger partial charge on any atom is -0.178 e. The third-order valence-electron chi connectivity index (χ3n) is 1.42. The van der Waals surface area contributed by atoms with Crippen LogP contribution in [0.2, 0.25) is 0 Å². The highest BCUT2D eigenvalue weighted by Gasteiger charge is 2.20. The van der Waals surface area contributed by atoms with Gasteiger partial charge in [-0.05, 0) is 24.4 Å². The summed E-state index contributed by atoms with van der Waals surface area (Å²) in [5, 5.41) is 0. The highest BCUT2D eigenvalue weighted by molar-refractivity contribution is 7.83. The number of hydrogen-bond donors (Lipinski definition) is 1. The fourth-order valence-electron chi connectivity index (χ4n) is 0.968. The lowest BCUT2D eigenvalue weighted by Gasteiger charge is -2.11. The zero-order valence-electron chi connectivity index (χ0n) is 5.02. The van der Waals surface area contributed by atoms with E-state index in [0.29, 0.717) is 0 Å². The van der Waals surface area contributed by atoms with E-state index in [1.807, 2.05) is 6.08 Å². The quantitative estimate of drug-likeness (QED) is 0.282. The van der Waals surface area contributed by atoms with Crippen molar-refractivity contribution in [3.63, 3.8) is 0 Å². The molecule has 2 heteroatoms. The van der Waals surface area contributed by atoms with Gasteiger partial charge >= 0.3 is 0 Å². The van der Waals surface area contributed by atoms with Crippen molar-refractivity contribution < 1.29 is 0 Å². The van der Waals surface area contributed by atoms with Gasteiger partial charge in [-0.3, -0.25) is 0 Å². The van der Waals surface area contributed by atoms with Gasteiger partial charge in [0.15, 0.2) is 0 Å². The summed E-state index contributed by atoms with van der Waals surface area (Å²) in [5.41, 5.74) is 1.36. The predicted molar refractivity (Wildman–Crippen MR) is 40.5 cm³/mol. The first-order chi connectivity index (χ1) is 3.60. The summed E-state index contributed by atoms with van der Waals surface area (Å²) >= 11 is 4.21. The van der Waals surface area contributed by atoms with Gasteiger partial charge in [0.2, 0.25) is 0 Å². The molecule has 0 fully saturated rings. The van der Waals surface area contributed by atoms with Crippen molar-refractivity contribution in [2.75, 3.05) is 0 Å². The standard InChI is InChI=1S/C6H9BS/c1-5-2-3-6(7,8)4-5/h4,8H,2-3H2,1H3. The lowest BCUT2D eigenvalue weighted by atomic mass is 9.86. The second-order valence-electron chi connectivity index (χ2n) is 2.48. The monoisotopic (exact) mass is 124 g/mol. The summed E-state index contributed by atoms with van der Waals surface area (Å²) in [7, 11) is 5.66. The molecule has 1 rings (SSSR count). The Labute approximate surface area is 57.2 Å². The van der Waals surface area contributed by atoms with Crippen LogP contribution in [0.25, 0.3) is 0 Å². The molecule has 0 aromatic rings. The SMILES string of the molecule is [B]C1(S)C=C(C)CC1. The molecule has 0 bridgehead atoms. The van der Waals surface area contributed by atoms with E-state index in [2.05, 4.69) is 19.6 Å². The Kier molecular flexibility index (Phi) is 1.44. The van der Waals surface area contributed by atoms with Gasteiger partial charge in [0.05, 0.1) is 7.85 Å². The lowest BCUT2D eigenvalue weighted by molar-refractivity contribution is 0.876. The summed E-state index contributed by atoms with van der Waals surface area (Å²) in [5.74, 6) is 0. The van der Waals surface area contributed by atoms with E-state index >= 15 is 0 Å². The minimum absolute atomic E-state index is 0.302. The van der Waals surface area contributed by atoms with Gasteiger partial charge in [0, 0.05) is 0 Å². The molecule has 1 unspecified atom stereocenters. The number of thiol groups is 1. The Balaban J connectivity index is 2.67. The highest BCUT2D eigenvalue weighted by Crippen LogP contribution is 2.29. The van der Waals surface area contributed by atoms with Gasteiger partial charge in [-0.25, -0.2) is 0 Å². The van der Waals surface area contributed by atoms with Crippen LogP contribution in [0.15, 0.2) is 11.6 Å². The zero-order chi connectivity index (χ0) is 6.20. The molecule has 0 N–H and O–H groups in total. The van der Waals surface area contributed by atoms with Crippen LogP contribution in [0.3, 0.4) is 0 Å². The summed E-state index contributed by atoms with van der Waals surface area (Å²) in [6, 6.07) is 0. The van der Waals surface area contributed by atoms with Crippen LogP contribution in [0.1, 0.15) is 19.8 Å². The first-order valence-electron chi connectivity index (χ1n) is 2.80. The van der Waals surface area contributed by atoms with Crippen LogP contribution in [0.5, 0.6) is 0 Å². The van der Waals surface area contributed by atoms with E-state index in [1.165, 1.54) is 5.57 Å². The second kappa shape index (κ2) is 1.83. The maximum atomic E-state index is 5.66. The third kappa shape index (κ3) is 1.31. The number of hydrogen-bond acceptors (Lipinski definition) is 1. The first-order valence-corrected chi connectivity index (χ1v) is 3.24. The molecule has 0 heterocycles. The van der Waals surface area contributed by atoms with Gasteiger partial charge in [-0.2, -0.15) is 12.6 Å². The summed E-state index contributed by atoms with van der Waals surface area (Å²) in [6.07, 6.45) is 4.12. The molecular formula is C6H9BS. The molecule has 8 heavy (non-hydrogen) atoms. The first kappa shape index (κ1) is 6.28. The normalized spacial score (nSPS) is 37.5. The van der Waals surface area contributed by atoms with Crippen molar-refractivity contribution in [3.05, 3.63) is 11.6 Å². The topological polar surface area (TPSA) is 0 Å². The van der Waals surface area contributed by atoms with E-state index in [4.69, 9.17) is 7.85 Å². The molecule has 42 valence electrons. The van der Waals surface area contributed by atoms with Crippen LogP contribution in [-0.2, 0) is 0 Å². The molecule has 0 aromatic carbocycles. The van der Waals surface area contributed by atoms with E-state index in [9.17, 15) is 0 Å². The Morgan fingerprint density at radius 3 is 2.62 bits per heavy atom. The van der Waals surface area contributed by atoms with Crippen molar-refractivity contribution in [3.8, 4) is 0 Å². The van der Waals surface area contributed by atoms with Crippen molar-refractivity contribution in [1.82, 2.24) is 0 Å². The van der Waals surface area contributed by atoms with Crippen LogP contribution < -0.4 is 0 Å². The van der Waals surface area contributed by atoms with Crippen molar-refractivity contribution in [2.24, 2.45) is 0 Å². The Bertz CT molecular complexity index is 126. The Morgan fingerprint density at radius 1 is 1.88 bits per heavy atom. The zero-order valence-corrected chi connectivity index (χ0v) is 5.91. The number of rotatable bonds is 0. The molecule has 1 aliphatic rings. The molecule has 0 saturated heterocycles. The van der Waals surface area contributed by atoms with E-state index in [1.54, 1.807) is 0 Å². The molecule has 0 aromatic heterocycles. The predicted octanol–water partition coefficient (Wildman–Crippen LogP) is 1.52. The molecule has 0 nitrogen and oxygen atoms in total. The van der Waals surface area contributed by atoms with Crippen LogP contribution in [0, 0.1) is 0 Å². The van der Waals surface area contributed by atoms with Gasteiger partial charge in [0.1, 0.15) is 0 Å². The second-order valence-corrected chi connectivity index (χ2v) is 3.31. The molecule has 0 spiro atoms. The minimum atomic E-state index is -0.302. The average Bonchev–Trinajstić information content (AvgIpc) is 1.82. The highest BCUT2D eigenvalue weighted by atomic mass is 32.1. The maximum absolute atomic E-state index is 5.66. The summed E-state index contributed by atoms with van der Waals surface area (Å²) in [4.78, 5) is 0. The molecule has 2 radical (unpaired) electrons. The fourth-order valence-corrected chi connectivity index (χ4v) is 1.30. The molecule has 0 saturated carbocycles. The lowest BCUT2D eigenvalue weighted by Crippen LogP contribution is -2.13. The van der Waals surface area contributed by atoms with Crippen LogP contribution in [-0.4, -0.2) is 12.5 Å². The van der Waals surface area contributed by atoms with Crippen LogP contribution >= 0.6 is 12.6 Å². The molecular weight excluding hydrogens is 115 g/mol.